The molecule has 0 radical (unpaired) electrons. The van der Waals surface area contributed by atoms with Crippen molar-refractivity contribution in [3.8, 4) is 0 Å². The maximum Gasteiger partial charge on any atom is 0.405 e. The summed E-state index contributed by atoms with van der Waals surface area (Å²) >= 11 is 0. The lowest BCUT2D eigenvalue weighted by Crippen LogP contribution is -2.45. The van der Waals surface area contributed by atoms with Gasteiger partial charge in [-0.05, 0) is 6.92 Å². The van der Waals surface area contributed by atoms with Crippen LogP contribution >= 0.6 is 0 Å². The highest BCUT2D eigenvalue weighted by Crippen LogP contribution is 2.11. The second-order valence-corrected chi connectivity index (χ2v) is 3.07. The first-order chi connectivity index (χ1) is 6.70. The van der Waals surface area contributed by atoms with E-state index in [0.29, 0.717) is 0 Å². The van der Waals surface area contributed by atoms with Crippen molar-refractivity contribution in [2.75, 3.05) is 6.54 Å². The van der Waals surface area contributed by atoms with Crippen molar-refractivity contribution in [1.82, 2.24) is 10.6 Å². The van der Waals surface area contributed by atoms with Gasteiger partial charge in [-0.1, -0.05) is 0 Å². The fourth-order valence-corrected chi connectivity index (χ4v) is 0.836. The first kappa shape index (κ1) is 13.5. The van der Waals surface area contributed by atoms with E-state index < -0.39 is 24.8 Å². The Kier molecular flexibility index (Phi) is 4.89. The minimum absolute atomic E-state index is 0.0967. The molecule has 0 rings (SSSR count). The summed E-state index contributed by atoms with van der Waals surface area (Å²) in [5.41, 5.74) is 5.04. The van der Waals surface area contributed by atoms with E-state index in [4.69, 9.17) is 11.1 Å². The number of rotatable bonds is 4. The molecule has 0 saturated heterocycles. The fourth-order valence-electron chi connectivity index (χ4n) is 0.836. The van der Waals surface area contributed by atoms with Crippen LogP contribution in [0.1, 0.15) is 13.3 Å². The maximum atomic E-state index is 11.7. The van der Waals surface area contributed by atoms with Gasteiger partial charge < -0.3 is 16.4 Å². The maximum absolute atomic E-state index is 11.7. The van der Waals surface area contributed by atoms with E-state index in [0.717, 1.165) is 0 Å². The average molecular weight is 226 g/mol. The van der Waals surface area contributed by atoms with E-state index in [1.54, 1.807) is 5.32 Å². The highest BCUT2D eigenvalue weighted by molar-refractivity contribution is 5.79. The number of hydrogen-bond acceptors (Lipinski definition) is 2. The summed E-state index contributed by atoms with van der Waals surface area (Å²) in [4.78, 5) is 10.8. The molecule has 0 aromatic rings. The van der Waals surface area contributed by atoms with Crippen molar-refractivity contribution in [3.05, 3.63) is 0 Å². The van der Waals surface area contributed by atoms with E-state index in [9.17, 15) is 18.0 Å². The molecule has 0 saturated carbocycles. The minimum Gasteiger partial charge on any atom is -0.388 e. The molecule has 5 N–H and O–H groups in total. The van der Waals surface area contributed by atoms with Gasteiger partial charge in [-0.25, -0.2) is 4.79 Å². The van der Waals surface area contributed by atoms with Crippen molar-refractivity contribution in [2.45, 2.75) is 25.6 Å². The standard InChI is InChI=1S/C7H13F3N4O/c1-4(2-5(11)12)14-6(15)13-3-7(8,9)10/h4H,2-3H2,1H3,(H3,11,12)(H2,13,14,15). The molecule has 8 heteroatoms. The number of hydrogen-bond donors (Lipinski definition) is 4. The molecule has 1 unspecified atom stereocenters. The van der Waals surface area contributed by atoms with Crippen LogP contribution in [0.3, 0.4) is 0 Å². The first-order valence-corrected chi connectivity index (χ1v) is 4.14. The van der Waals surface area contributed by atoms with Crippen LogP contribution in [0, 0.1) is 5.41 Å². The molecule has 5 nitrogen and oxygen atoms in total. The molecule has 0 spiro atoms. The van der Waals surface area contributed by atoms with Crippen LogP contribution in [0.2, 0.25) is 0 Å². The minimum atomic E-state index is -4.43. The van der Waals surface area contributed by atoms with Crippen molar-refractivity contribution in [3.63, 3.8) is 0 Å². The predicted octanol–water partition coefficient (Wildman–Crippen LogP) is 0.562. The van der Waals surface area contributed by atoms with Crippen molar-refractivity contribution in [2.24, 2.45) is 5.73 Å². The number of nitrogens with one attached hydrogen (secondary N) is 3. The zero-order valence-electron chi connectivity index (χ0n) is 8.11. The third kappa shape index (κ3) is 8.85. The van der Waals surface area contributed by atoms with Crippen LogP contribution in [0.4, 0.5) is 18.0 Å². The monoisotopic (exact) mass is 226 g/mol. The van der Waals surface area contributed by atoms with E-state index >= 15 is 0 Å². The molecule has 0 fully saturated rings. The Labute approximate surface area is 84.7 Å². The molecule has 0 aliphatic carbocycles. The fraction of sp³-hybridized carbons (Fsp3) is 0.714. The summed E-state index contributed by atoms with van der Waals surface area (Å²) in [5.74, 6) is -0.140. The molecule has 88 valence electrons. The van der Waals surface area contributed by atoms with Crippen molar-refractivity contribution >= 4 is 11.9 Å². The average Bonchev–Trinajstić information content (AvgIpc) is 1.97. The Hall–Kier alpha value is -1.47. The summed E-state index contributed by atoms with van der Waals surface area (Å²) in [7, 11) is 0. The zero-order chi connectivity index (χ0) is 12.1. The lowest BCUT2D eigenvalue weighted by atomic mass is 10.2. The van der Waals surface area contributed by atoms with E-state index in [2.05, 4.69) is 5.32 Å². The van der Waals surface area contributed by atoms with Gasteiger partial charge in [-0.15, -0.1) is 0 Å². The normalized spacial score (nSPS) is 13.1. The van der Waals surface area contributed by atoms with E-state index in [-0.39, 0.29) is 12.3 Å². The van der Waals surface area contributed by atoms with Crippen LogP contribution in [-0.2, 0) is 0 Å². The molecule has 15 heavy (non-hydrogen) atoms. The van der Waals surface area contributed by atoms with Gasteiger partial charge in [0.15, 0.2) is 0 Å². The van der Waals surface area contributed by atoms with Gasteiger partial charge in [0.05, 0.1) is 5.84 Å². The Morgan fingerprint density at radius 3 is 2.47 bits per heavy atom. The van der Waals surface area contributed by atoms with Crippen molar-refractivity contribution < 1.29 is 18.0 Å². The number of amidine groups is 1. The second-order valence-electron chi connectivity index (χ2n) is 3.07. The number of carbonyl (C=O) groups excluding carboxylic acids is 1. The molecule has 0 aliphatic rings. The van der Waals surface area contributed by atoms with Crippen LogP contribution in [-0.4, -0.2) is 30.6 Å². The number of alkyl halides is 3. The number of amides is 2. The largest absolute Gasteiger partial charge is 0.405 e. The smallest absolute Gasteiger partial charge is 0.388 e. The Balaban J connectivity index is 3.79. The van der Waals surface area contributed by atoms with Gasteiger partial charge in [0.1, 0.15) is 6.54 Å². The summed E-state index contributed by atoms with van der Waals surface area (Å²) < 4.78 is 35.0. The highest BCUT2D eigenvalue weighted by atomic mass is 19.4. The Morgan fingerprint density at radius 1 is 1.53 bits per heavy atom. The van der Waals surface area contributed by atoms with Crippen LogP contribution in [0.5, 0.6) is 0 Å². The molecule has 0 heterocycles. The molecule has 0 bridgehead atoms. The molecule has 0 aliphatic heterocycles. The molecule has 2 amide bonds. The molecular formula is C7H13F3N4O. The quantitative estimate of drug-likeness (QED) is 0.416. The number of carbonyl (C=O) groups is 1. The summed E-state index contributed by atoms with van der Waals surface area (Å²) in [6.07, 6.45) is -4.33. The summed E-state index contributed by atoms with van der Waals surface area (Å²) in [5, 5.41) is 10.7. The Morgan fingerprint density at radius 2 is 2.07 bits per heavy atom. The second kappa shape index (κ2) is 5.42. The molecule has 0 aromatic heterocycles. The highest BCUT2D eigenvalue weighted by Gasteiger charge is 2.27. The third-order valence-corrected chi connectivity index (χ3v) is 1.35. The zero-order valence-corrected chi connectivity index (χ0v) is 8.11. The third-order valence-electron chi connectivity index (χ3n) is 1.35. The van der Waals surface area contributed by atoms with E-state index in [1.165, 1.54) is 6.92 Å². The van der Waals surface area contributed by atoms with Gasteiger partial charge >= 0.3 is 12.2 Å². The van der Waals surface area contributed by atoms with Gasteiger partial charge in [-0.3, -0.25) is 5.41 Å². The summed E-state index contributed by atoms with van der Waals surface area (Å²) in [6.45, 7) is 0.153. The molecule has 0 aromatic carbocycles. The SMILES string of the molecule is CC(CC(=N)N)NC(=O)NCC(F)(F)F. The van der Waals surface area contributed by atoms with Gasteiger partial charge in [0, 0.05) is 12.5 Å². The van der Waals surface area contributed by atoms with Crippen LogP contribution in [0.15, 0.2) is 0 Å². The van der Waals surface area contributed by atoms with Gasteiger partial charge in [-0.2, -0.15) is 13.2 Å². The van der Waals surface area contributed by atoms with Gasteiger partial charge in [0.25, 0.3) is 0 Å². The lowest BCUT2D eigenvalue weighted by Gasteiger charge is -2.14. The Bertz CT molecular complexity index is 241. The van der Waals surface area contributed by atoms with E-state index in [1.807, 2.05) is 0 Å². The topological polar surface area (TPSA) is 91.0 Å². The lowest BCUT2D eigenvalue weighted by molar-refractivity contribution is -0.122. The molecular weight excluding hydrogens is 213 g/mol. The van der Waals surface area contributed by atoms with Gasteiger partial charge in [0.2, 0.25) is 0 Å². The van der Waals surface area contributed by atoms with Crippen molar-refractivity contribution in [1.29, 1.82) is 5.41 Å². The number of urea groups is 1. The number of halogens is 3. The van der Waals surface area contributed by atoms with Crippen LogP contribution < -0.4 is 16.4 Å². The first-order valence-electron chi connectivity index (χ1n) is 4.14. The van der Waals surface area contributed by atoms with Crippen LogP contribution in [0.25, 0.3) is 0 Å². The number of nitrogens with two attached hydrogens (primary N) is 1. The summed E-state index contributed by atoms with van der Waals surface area (Å²) in [6, 6.07) is -1.41. The predicted molar refractivity (Wildman–Crippen MR) is 48.6 cm³/mol. The molecule has 1 atom stereocenters.